The fraction of sp³-hybridized carbons (Fsp3) is 1.00. The first kappa shape index (κ1) is 17.1. The van der Waals surface area contributed by atoms with Crippen molar-refractivity contribution in [2.75, 3.05) is 39.5 Å². The van der Waals surface area contributed by atoms with E-state index in [0.29, 0.717) is 19.6 Å². The summed E-state index contributed by atoms with van der Waals surface area (Å²) in [5.74, 6) is 0. The van der Waals surface area contributed by atoms with E-state index < -0.39 is 10.4 Å². The molecule has 0 aliphatic heterocycles. The topological polar surface area (TPSA) is 139 Å². The molecule has 0 aromatic carbocycles. The molecule has 0 unspecified atom stereocenters. The lowest BCUT2D eigenvalue weighted by molar-refractivity contribution is 0.136. The van der Waals surface area contributed by atoms with Gasteiger partial charge in [0.25, 0.3) is 0 Å². The summed E-state index contributed by atoms with van der Waals surface area (Å²) in [5, 5.41) is 25.5. The van der Waals surface area contributed by atoms with E-state index in [1.807, 2.05) is 0 Å². The van der Waals surface area contributed by atoms with Gasteiger partial charge in [0.15, 0.2) is 0 Å². The van der Waals surface area contributed by atoms with Crippen molar-refractivity contribution in [2.24, 2.45) is 0 Å². The Hall–Kier alpha value is -0.290. The summed E-state index contributed by atoms with van der Waals surface area (Å²) >= 11 is 0. The molecule has 0 heterocycles. The summed E-state index contributed by atoms with van der Waals surface area (Å²) in [6.45, 7) is 1.75. The average Bonchev–Trinajstić information content (AvgIpc) is 2.02. The first-order valence-corrected chi connectivity index (χ1v) is 5.49. The van der Waals surface area contributed by atoms with Crippen molar-refractivity contribution < 1.29 is 32.8 Å². The van der Waals surface area contributed by atoms with Gasteiger partial charge in [-0.05, 0) is 0 Å². The van der Waals surface area contributed by atoms with E-state index in [1.54, 1.807) is 4.90 Å². The summed E-state index contributed by atoms with van der Waals surface area (Å²) in [6, 6.07) is 0. The minimum Gasteiger partial charge on any atom is -0.395 e. The van der Waals surface area contributed by atoms with E-state index >= 15 is 0 Å². The van der Waals surface area contributed by atoms with Crippen LogP contribution < -0.4 is 0 Å². The molecule has 0 spiro atoms. The van der Waals surface area contributed by atoms with Crippen molar-refractivity contribution in [3.63, 3.8) is 0 Å². The van der Waals surface area contributed by atoms with Gasteiger partial charge in [-0.3, -0.25) is 14.0 Å². The highest BCUT2D eigenvalue weighted by molar-refractivity contribution is 7.79. The monoisotopic (exact) mass is 247 g/mol. The zero-order valence-corrected chi connectivity index (χ0v) is 8.97. The van der Waals surface area contributed by atoms with Crippen LogP contribution in [0.3, 0.4) is 0 Å². The molecule has 0 saturated heterocycles. The molecule has 0 fully saturated rings. The maximum atomic E-state index is 8.74. The Balaban J connectivity index is 0. The predicted octanol–water partition coefficient (Wildman–Crippen LogP) is -2.39. The van der Waals surface area contributed by atoms with Crippen LogP contribution in [0.4, 0.5) is 0 Å². The van der Waals surface area contributed by atoms with E-state index in [1.165, 1.54) is 0 Å². The standard InChI is InChI=1S/C6H15NO3.H2O4S/c8-4-1-7(2-5-9)3-6-10;1-5(2,3)4/h8-10H,1-6H2;(H2,1,2,3,4). The van der Waals surface area contributed by atoms with Crippen LogP contribution in [0.5, 0.6) is 0 Å². The number of nitrogens with zero attached hydrogens (tertiary/aromatic N) is 1. The minimum atomic E-state index is -4.67. The fourth-order valence-electron chi connectivity index (χ4n) is 0.760. The molecule has 0 aromatic rings. The summed E-state index contributed by atoms with van der Waals surface area (Å²) in [6.07, 6.45) is 0. The van der Waals surface area contributed by atoms with E-state index in [0.717, 1.165) is 0 Å². The molecule has 8 nitrogen and oxygen atoms in total. The van der Waals surface area contributed by atoms with Crippen LogP contribution in [0.15, 0.2) is 0 Å². The maximum absolute atomic E-state index is 8.74. The average molecular weight is 247 g/mol. The van der Waals surface area contributed by atoms with Crippen LogP contribution in [0.1, 0.15) is 0 Å². The van der Waals surface area contributed by atoms with Crippen LogP contribution in [0.25, 0.3) is 0 Å². The van der Waals surface area contributed by atoms with E-state index in [9.17, 15) is 0 Å². The number of aliphatic hydroxyl groups excluding tert-OH is 3. The molecular weight excluding hydrogens is 230 g/mol. The lowest BCUT2D eigenvalue weighted by atomic mass is 10.4. The maximum Gasteiger partial charge on any atom is 0.394 e. The van der Waals surface area contributed by atoms with Crippen LogP contribution in [-0.2, 0) is 10.4 Å². The van der Waals surface area contributed by atoms with Crippen molar-refractivity contribution in [3.8, 4) is 0 Å². The molecule has 0 atom stereocenters. The summed E-state index contributed by atoms with van der Waals surface area (Å²) < 4.78 is 31.6. The van der Waals surface area contributed by atoms with E-state index in [2.05, 4.69) is 0 Å². The van der Waals surface area contributed by atoms with Gasteiger partial charge in [0.2, 0.25) is 0 Å². The van der Waals surface area contributed by atoms with Gasteiger partial charge < -0.3 is 15.3 Å². The highest BCUT2D eigenvalue weighted by Gasteiger charge is 2.00. The summed E-state index contributed by atoms with van der Waals surface area (Å²) in [5.41, 5.74) is 0. The van der Waals surface area contributed by atoms with Crippen molar-refractivity contribution in [2.45, 2.75) is 0 Å². The molecule has 9 heteroatoms. The highest BCUT2D eigenvalue weighted by Crippen LogP contribution is 1.84. The molecule has 0 aliphatic carbocycles. The normalized spacial score (nSPS) is 11.1. The molecule has 94 valence electrons. The Morgan fingerprint density at radius 3 is 1.13 bits per heavy atom. The molecule has 0 radical (unpaired) electrons. The van der Waals surface area contributed by atoms with Crippen LogP contribution in [0.2, 0.25) is 0 Å². The van der Waals surface area contributed by atoms with Gasteiger partial charge in [-0.2, -0.15) is 8.42 Å². The summed E-state index contributed by atoms with van der Waals surface area (Å²) in [4.78, 5) is 1.79. The molecule has 5 N–H and O–H groups in total. The molecular formula is C6H17NO7S. The zero-order valence-electron chi connectivity index (χ0n) is 8.15. The second-order valence-electron chi connectivity index (χ2n) is 2.46. The molecule has 15 heavy (non-hydrogen) atoms. The Bertz CT molecular complexity index is 195. The zero-order chi connectivity index (χ0) is 12.3. The van der Waals surface area contributed by atoms with Gasteiger partial charge in [0.1, 0.15) is 0 Å². The number of hydrogen-bond donors (Lipinski definition) is 5. The van der Waals surface area contributed by atoms with Crippen LogP contribution in [0, 0.1) is 0 Å². The minimum absolute atomic E-state index is 0.0694. The number of hydrogen-bond acceptors (Lipinski definition) is 6. The lowest BCUT2D eigenvalue weighted by Crippen LogP contribution is -2.32. The molecule has 0 saturated carbocycles. The second kappa shape index (κ2) is 10.2. The highest BCUT2D eigenvalue weighted by atomic mass is 32.3. The van der Waals surface area contributed by atoms with Gasteiger partial charge in [0, 0.05) is 19.6 Å². The molecule has 0 amide bonds. The van der Waals surface area contributed by atoms with Crippen molar-refractivity contribution in [3.05, 3.63) is 0 Å². The van der Waals surface area contributed by atoms with Crippen LogP contribution >= 0.6 is 0 Å². The predicted molar refractivity (Wildman–Crippen MR) is 51.9 cm³/mol. The largest absolute Gasteiger partial charge is 0.395 e. The Morgan fingerprint density at radius 1 is 0.800 bits per heavy atom. The smallest absolute Gasteiger partial charge is 0.394 e. The van der Waals surface area contributed by atoms with Gasteiger partial charge in [-0.1, -0.05) is 0 Å². The Kier molecular flexibility index (Phi) is 11.7. The van der Waals surface area contributed by atoms with E-state index in [-0.39, 0.29) is 19.8 Å². The summed E-state index contributed by atoms with van der Waals surface area (Å²) in [7, 11) is -4.67. The molecule has 0 bridgehead atoms. The van der Waals surface area contributed by atoms with Gasteiger partial charge >= 0.3 is 10.4 Å². The van der Waals surface area contributed by atoms with Crippen molar-refractivity contribution in [1.82, 2.24) is 4.90 Å². The van der Waals surface area contributed by atoms with Crippen molar-refractivity contribution >= 4 is 10.4 Å². The first-order chi connectivity index (χ1) is 6.85. The number of aliphatic hydroxyl groups is 3. The third kappa shape index (κ3) is 24.8. The van der Waals surface area contributed by atoms with Gasteiger partial charge in [-0.25, -0.2) is 0 Å². The third-order valence-electron chi connectivity index (χ3n) is 1.25. The Labute approximate surface area is 88.3 Å². The molecule has 0 aliphatic rings. The lowest BCUT2D eigenvalue weighted by Gasteiger charge is -2.17. The molecule has 0 aromatic heterocycles. The number of rotatable bonds is 6. The van der Waals surface area contributed by atoms with Gasteiger partial charge in [0.05, 0.1) is 19.8 Å². The molecule has 0 rings (SSSR count). The van der Waals surface area contributed by atoms with Crippen LogP contribution in [-0.4, -0.2) is 77.2 Å². The second-order valence-corrected chi connectivity index (χ2v) is 3.36. The SMILES string of the molecule is O=S(=O)(O)O.OCCN(CCO)CCO. The third-order valence-corrected chi connectivity index (χ3v) is 1.25. The fourth-order valence-corrected chi connectivity index (χ4v) is 0.760. The van der Waals surface area contributed by atoms with Gasteiger partial charge in [-0.15, -0.1) is 0 Å². The first-order valence-electron chi connectivity index (χ1n) is 4.10. The van der Waals surface area contributed by atoms with E-state index in [4.69, 9.17) is 32.8 Å². The van der Waals surface area contributed by atoms with Crippen molar-refractivity contribution in [1.29, 1.82) is 0 Å². The Morgan fingerprint density at radius 2 is 1.00 bits per heavy atom. The quantitative estimate of drug-likeness (QED) is 0.328.